The standard InChI is InChI=1S/C19H26N4O3/c1-24-18-4-2-16(3-5-18)9-22-6-7-25-13-19(12-22)8-17(11-26-19)10-23-14-20-21-15-23/h2-5,14-15,17H,6-13H2,1H3/t17-,19-/m0/s1. The van der Waals surface area contributed by atoms with Crippen molar-refractivity contribution in [1.29, 1.82) is 0 Å². The molecule has 2 fully saturated rings. The van der Waals surface area contributed by atoms with Gasteiger partial charge >= 0.3 is 0 Å². The zero-order valence-corrected chi connectivity index (χ0v) is 15.2. The quantitative estimate of drug-likeness (QED) is 0.809. The van der Waals surface area contributed by atoms with E-state index in [1.54, 1.807) is 19.8 Å². The molecule has 0 unspecified atom stereocenters. The molecule has 1 spiro atoms. The Morgan fingerprint density at radius 2 is 2.04 bits per heavy atom. The maximum atomic E-state index is 6.29. The van der Waals surface area contributed by atoms with Crippen LogP contribution in [-0.2, 0) is 22.6 Å². The Morgan fingerprint density at radius 3 is 2.81 bits per heavy atom. The van der Waals surface area contributed by atoms with Crippen LogP contribution in [0.5, 0.6) is 5.75 Å². The van der Waals surface area contributed by atoms with Gasteiger partial charge in [-0.25, -0.2) is 0 Å². The molecule has 1 aromatic carbocycles. The predicted molar refractivity (Wildman–Crippen MR) is 95.9 cm³/mol. The highest BCUT2D eigenvalue weighted by Crippen LogP contribution is 2.34. The summed E-state index contributed by atoms with van der Waals surface area (Å²) in [7, 11) is 1.69. The summed E-state index contributed by atoms with van der Waals surface area (Å²) in [6.07, 6.45) is 4.54. The molecule has 3 heterocycles. The maximum Gasteiger partial charge on any atom is 0.119 e. The fraction of sp³-hybridized carbons (Fsp3) is 0.579. The normalized spacial score (nSPS) is 26.9. The van der Waals surface area contributed by atoms with E-state index in [9.17, 15) is 0 Å². The lowest BCUT2D eigenvalue weighted by atomic mass is 9.94. The van der Waals surface area contributed by atoms with Crippen LogP contribution in [0.1, 0.15) is 12.0 Å². The van der Waals surface area contributed by atoms with Crippen LogP contribution in [0, 0.1) is 5.92 Å². The predicted octanol–water partition coefficient (Wildman–Crippen LogP) is 1.59. The molecule has 0 bridgehead atoms. The van der Waals surface area contributed by atoms with Gasteiger partial charge in [-0.15, -0.1) is 10.2 Å². The highest BCUT2D eigenvalue weighted by molar-refractivity contribution is 5.27. The third kappa shape index (κ3) is 4.06. The van der Waals surface area contributed by atoms with Crippen molar-refractivity contribution in [2.45, 2.75) is 25.1 Å². The number of hydrogen-bond donors (Lipinski definition) is 0. The minimum atomic E-state index is -0.207. The minimum absolute atomic E-state index is 0.207. The van der Waals surface area contributed by atoms with Crippen LogP contribution >= 0.6 is 0 Å². The summed E-state index contributed by atoms with van der Waals surface area (Å²) in [6.45, 7) is 5.80. The lowest BCUT2D eigenvalue weighted by molar-refractivity contribution is -0.0563. The van der Waals surface area contributed by atoms with Crippen LogP contribution in [0.25, 0.3) is 0 Å². The third-order valence-corrected chi connectivity index (χ3v) is 5.22. The SMILES string of the molecule is COc1ccc(CN2CCOC[C@]3(C[C@@H](Cn4cnnc4)CO3)C2)cc1. The number of nitrogens with zero attached hydrogens (tertiary/aromatic N) is 4. The molecule has 7 nitrogen and oxygen atoms in total. The molecule has 2 aliphatic rings. The summed E-state index contributed by atoms with van der Waals surface area (Å²) < 4.78 is 19.5. The van der Waals surface area contributed by atoms with Crippen molar-refractivity contribution in [2.24, 2.45) is 5.92 Å². The Balaban J connectivity index is 1.39. The summed E-state index contributed by atoms with van der Waals surface area (Å²) >= 11 is 0. The molecule has 4 rings (SSSR count). The van der Waals surface area contributed by atoms with Gasteiger partial charge in [0.1, 0.15) is 24.0 Å². The summed E-state index contributed by atoms with van der Waals surface area (Å²) in [4.78, 5) is 2.44. The van der Waals surface area contributed by atoms with E-state index in [0.717, 1.165) is 51.6 Å². The number of aromatic nitrogens is 3. The largest absolute Gasteiger partial charge is 0.497 e. The van der Waals surface area contributed by atoms with Gasteiger partial charge in [0.25, 0.3) is 0 Å². The van der Waals surface area contributed by atoms with Crippen LogP contribution in [0.15, 0.2) is 36.9 Å². The summed E-state index contributed by atoms with van der Waals surface area (Å²) in [5, 5.41) is 7.77. The molecule has 0 N–H and O–H groups in total. The van der Waals surface area contributed by atoms with E-state index in [1.165, 1.54) is 5.56 Å². The van der Waals surface area contributed by atoms with Gasteiger partial charge in [0.15, 0.2) is 0 Å². The fourth-order valence-corrected chi connectivity index (χ4v) is 3.99. The molecule has 2 aliphatic heterocycles. The van der Waals surface area contributed by atoms with Gasteiger partial charge in [-0.05, 0) is 24.1 Å². The Kier molecular flexibility index (Phi) is 5.19. The summed E-state index contributed by atoms with van der Waals surface area (Å²) in [5.41, 5.74) is 1.07. The molecule has 7 heteroatoms. The Bertz CT molecular complexity index is 691. The molecule has 0 radical (unpaired) electrons. The van der Waals surface area contributed by atoms with Crippen LogP contribution in [-0.4, -0.2) is 65.3 Å². The van der Waals surface area contributed by atoms with Crippen molar-refractivity contribution in [3.8, 4) is 5.75 Å². The van der Waals surface area contributed by atoms with Gasteiger partial charge in [0.2, 0.25) is 0 Å². The van der Waals surface area contributed by atoms with Crippen LogP contribution < -0.4 is 4.74 Å². The van der Waals surface area contributed by atoms with Gasteiger partial charge < -0.3 is 18.8 Å². The molecule has 0 saturated carbocycles. The molecule has 2 saturated heterocycles. The third-order valence-electron chi connectivity index (χ3n) is 5.22. The van der Waals surface area contributed by atoms with Gasteiger partial charge in [0, 0.05) is 32.1 Å². The zero-order valence-electron chi connectivity index (χ0n) is 15.2. The highest BCUT2D eigenvalue weighted by atomic mass is 16.5. The van der Waals surface area contributed by atoms with E-state index in [0.29, 0.717) is 12.5 Å². The second-order valence-electron chi connectivity index (χ2n) is 7.33. The van der Waals surface area contributed by atoms with E-state index < -0.39 is 0 Å². The molecule has 1 aromatic heterocycles. The molecule has 140 valence electrons. The fourth-order valence-electron chi connectivity index (χ4n) is 3.99. The topological polar surface area (TPSA) is 61.6 Å². The molecule has 26 heavy (non-hydrogen) atoms. The number of benzene rings is 1. The lowest BCUT2D eigenvalue weighted by Gasteiger charge is -2.31. The second kappa shape index (κ2) is 7.73. The maximum absolute atomic E-state index is 6.29. The molecule has 0 aliphatic carbocycles. The Morgan fingerprint density at radius 1 is 1.23 bits per heavy atom. The first-order valence-corrected chi connectivity index (χ1v) is 9.14. The lowest BCUT2D eigenvalue weighted by Crippen LogP contribution is -2.43. The van der Waals surface area contributed by atoms with Gasteiger partial charge in [-0.2, -0.15) is 0 Å². The first-order valence-electron chi connectivity index (χ1n) is 9.14. The average molecular weight is 358 g/mol. The average Bonchev–Trinajstić information content (AvgIpc) is 3.25. The molecule has 2 atom stereocenters. The molecule has 2 aromatic rings. The van der Waals surface area contributed by atoms with E-state index in [4.69, 9.17) is 14.2 Å². The van der Waals surface area contributed by atoms with Crippen LogP contribution in [0.4, 0.5) is 0 Å². The smallest absolute Gasteiger partial charge is 0.119 e. The van der Waals surface area contributed by atoms with E-state index >= 15 is 0 Å². The Hall–Kier alpha value is -1.96. The monoisotopic (exact) mass is 358 g/mol. The molecular weight excluding hydrogens is 332 g/mol. The number of hydrogen-bond acceptors (Lipinski definition) is 6. The Labute approximate surface area is 153 Å². The van der Waals surface area contributed by atoms with Crippen LogP contribution in [0.3, 0.4) is 0 Å². The molecule has 0 amide bonds. The number of ether oxygens (including phenoxy) is 3. The first-order chi connectivity index (χ1) is 12.7. The molecular formula is C19H26N4O3. The van der Waals surface area contributed by atoms with Crippen molar-refractivity contribution in [3.63, 3.8) is 0 Å². The van der Waals surface area contributed by atoms with Crippen molar-refractivity contribution in [1.82, 2.24) is 19.7 Å². The summed E-state index contributed by atoms with van der Waals surface area (Å²) in [5.74, 6) is 1.36. The zero-order chi connectivity index (χ0) is 17.8. The first kappa shape index (κ1) is 17.5. The van der Waals surface area contributed by atoms with E-state index in [-0.39, 0.29) is 5.60 Å². The van der Waals surface area contributed by atoms with Crippen molar-refractivity contribution < 1.29 is 14.2 Å². The second-order valence-corrected chi connectivity index (χ2v) is 7.33. The van der Waals surface area contributed by atoms with Gasteiger partial charge in [0.05, 0.1) is 26.9 Å². The van der Waals surface area contributed by atoms with Crippen molar-refractivity contribution in [2.75, 3.05) is 40.0 Å². The van der Waals surface area contributed by atoms with Gasteiger partial charge in [-0.3, -0.25) is 4.90 Å². The number of methoxy groups -OCH3 is 1. The number of rotatable bonds is 5. The minimum Gasteiger partial charge on any atom is -0.497 e. The van der Waals surface area contributed by atoms with Crippen molar-refractivity contribution >= 4 is 0 Å². The summed E-state index contributed by atoms with van der Waals surface area (Å²) in [6, 6.07) is 8.28. The van der Waals surface area contributed by atoms with E-state index in [2.05, 4.69) is 27.2 Å². The van der Waals surface area contributed by atoms with Gasteiger partial charge in [-0.1, -0.05) is 12.1 Å². The highest BCUT2D eigenvalue weighted by Gasteiger charge is 2.43. The van der Waals surface area contributed by atoms with Crippen molar-refractivity contribution in [3.05, 3.63) is 42.5 Å². The van der Waals surface area contributed by atoms with Crippen LogP contribution in [0.2, 0.25) is 0 Å². The van der Waals surface area contributed by atoms with E-state index in [1.807, 2.05) is 16.7 Å².